The molecule has 1 amide bonds. The van der Waals surface area contributed by atoms with Crippen molar-refractivity contribution in [1.82, 2.24) is 0 Å². The van der Waals surface area contributed by atoms with E-state index in [1.165, 1.54) is 25.3 Å². The van der Waals surface area contributed by atoms with Crippen LogP contribution in [0.25, 0.3) is 0 Å². The van der Waals surface area contributed by atoms with Gasteiger partial charge in [0.05, 0.1) is 29.8 Å². The van der Waals surface area contributed by atoms with Crippen LogP contribution >= 0.6 is 11.6 Å². The first-order valence-corrected chi connectivity index (χ1v) is 7.28. The Morgan fingerprint density at radius 1 is 1.08 bits per heavy atom. The Morgan fingerprint density at radius 3 is 2.29 bits per heavy atom. The van der Waals surface area contributed by atoms with Gasteiger partial charge in [0.2, 0.25) is 5.91 Å². The third-order valence-corrected chi connectivity index (χ3v) is 3.55. The first-order valence-electron chi connectivity index (χ1n) is 6.90. The maximum Gasteiger partial charge on any atom is 0.335 e. The number of rotatable bonds is 6. The molecular weight excluding hydrogens is 334 g/mol. The summed E-state index contributed by atoms with van der Waals surface area (Å²) >= 11 is 5.93. The molecule has 2 rings (SSSR count). The van der Waals surface area contributed by atoms with Gasteiger partial charge in [-0.3, -0.25) is 9.59 Å². The SMILES string of the molecule is COc1ccc(C(=O)CC(=O)Nc2cc(C(=O)O)ccc2Cl)cc1. The fourth-order valence-corrected chi connectivity index (χ4v) is 2.14. The van der Waals surface area contributed by atoms with Crippen molar-refractivity contribution in [2.24, 2.45) is 0 Å². The van der Waals surface area contributed by atoms with Crippen molar-refractivity contribution in [1.29, 1.82) is 0 Å². The predicted octanol–water partition coefficient (Wildman–Crippen LogP) is 3.26. The number of carbonyl (C=O) groups is 3. The van der Waals surface area contributed by atoms with Gasteiger partial charge in [-0.05, 0) is 42.5 Å². The molecule has 2 aromatic carbocycles. The van der Waals surface area contributed by atoms with Gasteiger partial charge in [-0.15, -0.1) is 0 Å². The summed E-state index contributed by atoms with van der Waals surface area (Å²) in [5.41, 5.74) is 0.497. The second-order valence-corrected chi connectivity index (χ2v) is 5.28. The number of aromatic carboxylic acids is 1. The molecule has 6 nitrogen and oxygen atoms in total. The molecule has 0 saturated heterocycles. The van der Waals surface area contributed by atoms with Gasteiger partial charge in [0.15, 0.2) is 5.78 Å². The van der Waals surface area contributed by atoms with Crippen LogP contribution in [-0.2, 0) is 4.79 Å². The molecule has 0 heterocycles. The number of ketones is 1. The number of hydrogen-bond donors (Lipinski definition) is 2. The van der Waals surface area contributed by atoms with Crippen LogP contribution in [0.1, 0.15) is 27.1 Å². The van der Waals surface area contributed by atoms with Crippen molar-refractivity contribution in [2.45, 2.75) is 6.42 Å². The zero-order chi connectivity index (χ0) is 17.7. The Labute approximate surface area is 143 Å². The molecule has 0 aliphatic heterocycles. The molecule has 124 valence electrons. The highest BCUT2D eigenvalue weighted by molar-refractivity contribution is 6.34. The number of carboxylic acid groups (broad SMARTS) is 1. The third-order valence-electron chi connectivity index (χ3n) is 3.22. The second-order valence-electron chi connectivity index (χ2n) is 4.88. The highest BCUT2D eigenvalue weighted by Crippen LogP contribution is 2.23. The number of Topliss-reactive ketones (excluding diaryl/α,β-unsaturated/α-hetero) is 1. The summed E-state index contributed by atoms with van der Waals surface area (Å²) in [5, 5.41) is 11.6. The third kappa shape index (κ3) is 4.33. The van der Waals surface area contributed by atoms with Crippen LogP contribution < -0.4 is 10.1 Å². The van der Waals surface area contributed by atoms with E-state index in [0.717, 1.165) is 0 Å². The van der Waals surface area contributed by atoms with Gasteiger partial charge in [-0.1, -0.05) is 11.6 Å². The lowest BCUT2D eigenvalue weighted by Crippen LogP contribution is -2.17. The van der Waals surface area contributed by atoms with Crippen LogP contribution in [0.3, 0.4) is 0 Å². The average molecular weight is 348 g/mol. The van der Waals surface area contributed by atoms with Gasteiger partial charge < -0.3 is 15.2 Å². The molecule has 0 bridgehead atoms. The highest BCUT2D eigenvalue weighted by atomic mass is 35.5. The fraction of sp³-hybridized carbons (Fsp3) is 0.118. The number of hydrogen-bond acceptors (Lipinski definition) is 4. The predicted molar refractivity (Wildman–Crippen MR) is 89.0 cm³/mol. The average Bonchev–Trinajstić information content (AvgIpc) is 2.56. The largest absolute Gasteiger partial charge is 0.497 e. The van der Waals surface area contributed by atoms with Crippen molar-refractivity contribution in [2.75, 3.05) is 12.4 Å². The van der Waals surface area contributed by atoms with Crippen molar-refractivity contribution in [3.63, 3.8) is 0 Å². The van der Waals surface area contributed by atoms with Gasteiger partial charge >= 0.3 is 5.97 Å². The number of benzene rings is 2. The van der Waals surface area contributed by atoms with Crippen molar-refractivity contribution in [3.8, 4) is 5.75 Å². The van der Waals surface area contributed by atoms with E-state index in [2.05, 4.69) is 5.32 Å². The Morgan fingerprint density at radius 2 is 1.71 bits per heavy atom. The summed E-state index contributed by atoms with van der Waals surface area (Å²) in [7, 11) is 1.51. The van der Waals surface area contributed by atoms with Crippen molar-refractivity contribution in [3.05, 3.63) is 58.6 Å². The maximum atomic E-state index is 12.1. The Hall–Kier alpha value is -2.86. The van der Waals surface area contributed by atoms with Gasteiger partial charge in [0.1, 0.15) is 5.75 Å². The molecule has 0 saturated carbocycles. The summed E-state index contributed by atoms with van der Waals surface area (Å²) < 4.78 is 5.00. The van der Waals surface area contributed by atoms with Gasteiger partial charge in [-0.2, -0.15) is 0 Å². The number of anilines is 1. The first kappa shape index (κ1) is 17.5. The molecule has 2 N–H and O–H groups in total. The molecule has 0 aromatic heterocycles. The normalized spacial score (nSPS) is 10.1. The second kappa shape index (κ2) is 7.61. The molecular formula is C17H14ClNO5. The number of halogens is 1. The van der Waals surface area contributed by atoms with E-state index in [9.17, 15) is 14.4 Å². The lowest BCUT2D eigenvalue weighted by molar-refractivity contribution is -0.115. The fourth-order valence-electron chi connectivity index (χ4n) is 1.97. The summed E-state index contributed by atoms with van der Waals surface area (Å²) in [6.07, 6.45) is -0.389. The van der Waals surface area contributed by atoms with Crippen molar-refractivity contribution < 1.29 is 24.2 Å². The number of amides is 1. The zero-order valence-electron chi connectivity index (χ0n) is 12.7. The standard InChI is InChI=1S/C17H14ClNO5/c1-24-12-5-2-10(3-6-12)15(20)9-16(21)19-14-8-11(17(22)23)4-7-13(14)18/h2-8H,9H2,1H3,(H,19,21)(H,22,23). The number of ether oxygens (including phenoxy) is 1. The maximum absolute atomic E-state index is 12.1. The molecule has 0 radical (unpaired) electrons. The van der Waals surface area contributed by atoms with Crippen LogP contribution in [0, 0.1) is 0 Å². The minimum atomic E-state index is -1.14. The van der Waals surface area contributed by atoms with Crippen LogP contribution in [0.2, 0.25) is 5.02 Å². The molecule has 7 heteroatoms. The molecule has 0 spiro atoms. The highest BCUT2D eigenvalue weighted by Gasteiger charge is 2.14. The van der Waals surface area contributed by atoms with E-state index < -0.39 is 11.9 Å². The minimum absolute atomic E-state index is 0.0174. The first-order chi connectivity index (χ1) is 11.4. The van der Waals surface area contributed by atoms with Gasteiger partial charge in [0.25, 0.3) is 0 Å². The van der Waals surface area contributed by atoms with E-state index >= 15 is 0 Å². The van der Waals surface area contributed by atoms with Crippen LogP contribution in [0.15, 0.2) is 42.5 Å². The van der Waals surface area contributed by atoms with Gasteiger partial charge in [-0.25, -0.2) is 4.79 Å². The quantitative estimate of drug-likeness (QED) is 0.618. The molecule has 0 aliphatic carbocycles. The smallest absolute Gasteiger partial charge is 0.335 e. The molecule has 0 aliphatic rings. The topological polar surface area (TPSA) is 92.7 Å². The van der Waals surface area contributed by atoms with Gasteiger partial charge in [0, 0.05) is 5.56 Å². The molecule has 2 aromatic rings. The monoisotopic (exact) mass is 347 g/mol. The van der Waals surface area contributed by atoms with Crippen LogP contribution in [0.4, 0.5) is 5.69 Å². The lowest BCUT2D eigenvalue weighted by Gasteiger charge is -2.08. The summed E-state index contributed by atoms with van der Waals surface area (Å²) in [6.45, 7) is 0. The van der Waals surface area contributed by atoms with Crippen LogP contribution in [-0.4, -0.2) is 29.9 Å². The molecule has 24 heavy (non-hydrogen) atoms. The van der Waals surface area contributed by atoms with E-state index in [1.54, 1.807) is 24.3 Å². The lowest BCUT2D eigenvalue weighted by atomic mass is 10.1. The van der Waals surface area contributed by atoms with Crippen molar-refractivity contribution >= 4 is 34.9 Å². The minimum Gasteiger partial charge on any atom is -0.497 e. The van der Waals surface area contributed by atoms with E-state index in [0.29, 0.717) is 11.3 Å². The Kier molecular flexibility index (Phi) is 5.55. The Bertz CT molecular complexity index is 786. The Balaban J connectivity index is 2.06. The number of methoxy groups -OCH3 is 1. The molecule has 0 unspecified atom stereocenters. The van der Waals surface area contributed by atoms with Crippen LogP contribution in [0.5, 0.6) is 5.75 Å². The number of carbonyl (C=O) groups excluding carboxylic acids is 2. The zero-order valence-corrected chi connectivity index (χ0v) is 13.5. The number of carboxylic acids is 1. The van der Waals surface area contributed by atoms with E-state index in [1.807, 2.05) is 0 Å². The summed E-state index contributed by atoms with van der Waals surface area (Å²) in [4.78, 5) is 35.0. The number of nitrogens with one attached hydrogen (secondary N) is 1. The van der Waals surface area contributed by atoms with E-state index in [-0.39, 0.29) is 28.5 Å². The molecule has 0 fully saturated rings. The summed E-state index contributed by atoms with van der Waals surface area (Å²) in [6, 6.07) is 10.3. The summed E-state index contributed by atoms with van der Waals surface area (Å²) in [5.74, 6) is -1.49. The molecule has 0 atom stereocenters. The van der Waals surface area contributed by atoms with E-state index in [4.69, 9.17) is 21.4 Å².